The second kappa shape index (κ2) is 11.2. The molecule has 1 amide bonds. The topological polar surface area (TPSA) is 51.2 Å². The average molecular weight is 442 g/mol. The van der Waals surface area contributed by atoms with Crippen LogP contribution in [-0.4, -0.2) is 80.4 Å². The molecule has 3 rings (SSSR count). The fourth-order valence-corrected chi connectivity index (χ4v) is 3.86. The van der Waals surface area contributed by atoms with Gasteiger partial charge in [-0.2, -0.15) is 0 Å². The van der Waals surface area contributed by atoms with Crippen molar-refractivity contribution >= 4 is 23.5 Å². The van der Waals surface area contributed by atoms with Crippen LogP contribution in [0.1, 0.15) is 21.5 Å². The third kappa shape index (κ3) is 6.71. The summed E-state index contributed by atoms with van der Waals surface area (Å²) in [6.45, 7) is 5.60. The van der Waals surface area contributed by atoms with Gasteiger partial charge in [-0.3, -0.25) is 14.7 Å². The van der Waals surface area contributed by atoms with Crippen molar-refractivity contribution < 1.29 is 4.79 Å². The van der Waals surface area contributed by atoms with E-state index in [4.69, 9.17) is 11.6 Å². The highest BCUT2D eigenvalue weighted by Gasteiger charge is 2.19. The first kappa shape index (κ1) is 23.1. The predicted octanol–water partition coefficient (Wildman–Crippen LogP) is 2.98. The summed E-state index contributed by atoms with van der Waals surface area (Å²) in [6, 6.07) is 15.9. The van der Waals surface area contributed by atoms with E-state index in [1.165, 1.54) is 5.56 Å². The number of nitrogens with one attached hydrogen (secondary N) is 1. The largest absolute Gasteiger partial charge is 0.356 e. The Hall–Kier alpha value is -2.57. The second-order valence-electron chi connectivity index (χ2n) is 8.01. The van der Waals surface area contributed by atoms with Crippen molar-refractivity contribution in [2.24, 2.45) is 4.99 Å². The number of rotatable bonds is 6. The summed E-state index contributed by atoms with van der Waals surface area (Å²) in [7, 11) is 5.38. The first-order chi connectivity index (χ1) is 15.0. The van der Waals surface area contributed by atoms with Gasteiger partial charge in [-0.1, -0.05) is 35.9 Å². The van der Waals surface area contributed by atoms with Crippen molar-refractivity contribution in [1.82, 2.24) is 20.0 Å². The number of hydrogen-bond acceptors (Lipinski definition) is 3. The Balaban J connectivity index is 1.45. The molecule has 1 saturated heterocycles. The minimum Gasteiger partial charge on any atom is -0.356 e. The number of benzene rings is 2. The van der Waals surface area contributed by atoms with Gasteiger partial charge in [-0.05, 0) is 41.8 Å². The maximum absolute atomic E-state index is 12.2. The minimum absolute atomic E-state index is 0.0297. The molecule has 166 valence electrons. The zero-order chi connectivity index (χ0) is 22.2. The van der Waals surface area contributed by atoms with Gasteiger partial charge in [0.15, 0.2) is 5.96 Å². The molecule has 0 aliphatic carbocycles. The van der Waals surface area contributed by atoms with E-state index in [1.54, 1.807) is 19.0 Å². The lowest BCUT2D eigenvalue weighted by molar-refractivity contribution is 0.0827. The highest BCUT2D eigenvalue weighted by Crippen LogP contribution is 2.13. The maximum Gasteiger partial charge on any atom is 0.253 e. The number of carbonyl (C=O) groups is 1. The molecule has 2 aromatic rings. The van der Waals surface area contributed by atoms with Gasteiger partial charge in [0.1, 0.15) is 0 Å². The molecule has 6 nitrogen and oxygen atoms in total. The van der Waals surface area contributed by atoms with E-state index in [-0.39, 0.29) is 5.91 Å². The molecule has 0 radical (unpaired) electrons. The average Bonchev–Trinajstić information content (AvgIpc) is 2.78. The van der Waals surface area contributed by atoms with Crippen LogP contribution in [0.2, 0.25) is 5.02 Å². The molecule has 0 bridgehead atoms. The Morgan fingerprint density at radius 1 is 1.06 bits per heavy atom. The van der Waals surface area contributed by atoms with Gasteiger partial charge >= 0.3 is 0 Å². The summed E-state index contributed by atoms with van der Waals surface area (Å²) < 4.78 is 0. The van der Waals surface area contributed by atoms with Crippen LogP contribution in [0.4, 0.5) is 0 Å². The van der Waals surface area contributed by atoms with Gasteiger partial charge in [-0.25, -0.2) is 0 Å². The van der Waals surface area contributed by atoms with Gasteiger partial charge in [0, 0.05) is 71.0 Å². The van der Waals surface area contributed by atoms with Crippen LogP contribution >= 0.6 is 11.6 Å². The van der Waals surface area contributed by atoms with Crippen LogP contribution < -0.4 is 5.32 Å². The molecule has 2 aromatic carbocycles. The number of aliphatic imine (C=N–C) groups is 1. The lowest BCUT2D eigenvalue weighted by atomic mass is 10.1. The molecule has 7 heteroatoms. The van der Waals surface area contributed by atoms with Crippen LogP contribution in [0.15, 0.2) is 53.5 Å². The van der Waals surface area contributed by atoms with Gasteiger partial charge in [0.2, 0.25) is 0 Å². The smallest absolute Gasteiger partial charge is 0.253 e. The normalized spacial score (nSPS) is 15.1. The summed E-state index contributed by atoms with van der Waals surface area (Å²) in [5, 5.41) is 4.25. The Morgan fingerprint density at radius 3 is 2.42 bits per heavy atom. The van der Waals surface area contributed by atoms with E-state index in [0.717, 1.165) is 67.8 Å². The Labute approximate surface area is 190 Å². The van der Waals surface area contributed by atoms with E-state index in [2.05, 4.69) is 38.3 Å². The number of halogens is 1. The van der Waals surface area contributed by atoms with Crippen molar-refractivity contribution in [2.75, 3.05) is 53.9 Å². The lowest BCUT2D eigenvalue weighted by Crippen LogP contribution is -2.52. The van der Waals surface area contributed by atoms with E-state index in [0.29, 0.717) is 0 Å². The first-order valence-electron chi connectivity index (χ1n) is 10.7. The van der Waals surface area contributed by atoms with E-state index in [9.17, 15) is 4.79 Å². The van der Waals surface area contributed by atoms with E-state index in [1.807, 2.05) is 37.4 Å². The molecule has 31 heavy (non-hydrogen) atoms. The van der Waals surface area contributed by atoms with Crippen LogP contribution in [0, 0.1) is 0 Å². The minimum atomic E-state index is 0.0297. The van der Waals surface area contributed by atoms with E-state index < -0.39 is 0 Å². The SMILES string of the molecule is CN=C(NCCc1cccc(C(=O)N(C)C)c1)N1CCN(Cc2ccc(Cl)cc2)CC1. The molecule has 1 aliphatic rings. The molecule has 1 aliphatic heterocycles. The number of hydrogen-bond donors (Lipinski definition) is 1. The fourth-order valence-electron chi connectivity index (χ4n) is 3.73. The lowest BCUT2D eigenvalue weighted by Gasteiger charge is -2.36. The van der Waals surface area contributed by atoms with Gasteiger partial charge in [0.25, 0.3) is 5.91 Å². The third-order valence-electron chi connectivity index (χ3n) is 5.48. The summed E-state index contributed by atoms with van der Waals surface area (Å²) in [6.07, 6.45) is 0.837. The summed E-state index contributed by atoms with van der Waals surface area (Å²) in [4.78, 5) is 23.0. The van der Waals surface area contributed by atoms with Crippen molar-refractivity contribution in [2.45, 2.75) is 13.0 Å². The molecular formula is C24H32ClN5O. The molecule has 1 N–H and O–H groups in total. The molecule has 0 aromatic heterocycles. The summed E-state index contributed by atoms with van der Waals surface area (Å²) >= 11 is 5.98. The Bertz CT molecular complexity index is 889. The quantitative estimate of drug-likeness (QED) is 0.553. The maximum atomic E-state index is 12.2. The van der Waals surface area contributed by atoms with Crippen LogP contribution in [0.5, 0.6) is 0 Å². The molecular weight excluding hydrogens is 410 g/mol. The predicted molar refractivity (Wildman–Crippen MR) is 128 cm³/mol. The molecule has 1 heterocycles. The number of carbonyl (C=O) groups excluding carboxylic acids is 1. The highest BCUT2D eigenvalue weighted by molar-refractivity contribution is 6.30. The molecule has 0 saturated carbocycles. The first-order valence-corrected chi connectivity index (χ1v) is 11.1. The summed E-state index contributed by atoms with van der Waals surface area (Å²) in [5.74, 6) is 0.966. The monoisotopic (exact) mass is 441 g/mol. The second-order valence-corrected chi connectivity index (χ2v) is 8.45. The molecule has 1 fully saturated rings. The van der Waals surface area contributed by atoms with Crippen molar-refractivity contribution in [1.29, 1.82) is 0 Å². The fraction of sp³-hybridized carbons (Fsp3) is 0.417. The van der Waals surface area contributed by atoms with Crippen molar-refractivity contribution in [3.8, 4) is 0 Å². The van der Waals surface area contributed by atoms with Crippen molar-refractivity contribution in [3.63, 3.8) is 0 Å². The third-order valence-corrected chi connectivity index (χ3v) is 5.73. The molecule has 0 spiro atoms. The summed E-state index contributed by atoms with van der Waals surface area (Å²) in [5.41, 5.74) is 3.16. The van der Waals surface area contributed by atoms with Gasteiger partial charge in [-0.15, -0.1) is 0 Å². The van der Waals surface area contributed by atoms with Crippen LogP contribution in [0.25, 0.3) is 0 Å². The highest BCUT2D eigenvalue weighted by atomic mass is 35.5. The number of guanidine groups is 1. The standard InChI is InChI=1S/C24H32ClN5O/c1-26-24(27-12-11-19-5-4-6-21(17-19)23(31)28(2)3)30-15-13-29(14-16-30)18-20-7-9-22(25)10-8-20/h4-10,17H,11-16,18H2,1-3H3,(H,26,27). The molecule has 0 unspecified atom stereocenters. The van der Waals surface area contributed by atoms with Crippen molar-refractivity contribution in [3.05, 3.63) is 70.2 Å². The number of piperazine rings is 1. The van der Waals surface area contributed by atoms with Crippen LogP contribution in [-0.2, 0) is 13.0 Å². The Kier molecular flexibility index (Phi) is 8.32. The van der Waals surface area contributed by atoms with E-state index >= 15 is 0 Å². The zero-order valence-electron chi connectivity index (χ0n) is 18.6. The zero-order valence-corrected chi connectivity index (χ0v) is 19.4. The Morgan fingerprint density at radius 2 is 1.77 bits per heavy atom. The number of nitrogens with zero attached hydrogens (tertiary/aromatic N) is 4. The molecule has 0 atom stereocenters. The van der Waals surface area contributed by atoms with Gasteiger partial charge < -0.3 is 15.1 Å². The van der Waals surface area contributed by atoms with Gasteiger partial charge in [0.05, 0.1) is 0 Å². The van der Waals surface area contributed by atoms with Crippen LogP contribution in [0.3, 0.4) is 0 Å². The number of amides is 1.